The molecule has 1 atom stereocenters. The molecule has 0 amide bonds. The van der Waals surface area contributed by atoms with Crippen LogP contribution in [-0.2, 0) is 20.4 Å². The number of pyridine rings is 1. The molecule has 1 aliphatic rings. The Labute approximate surface area is 253 Å². The molecule has 43 heavy (non-hydrogen) atoms. The molecule has 1 aromatic carbocycles. The van der Waals surface area contributed by atoms with Gasteiger partial charge in [0.1, 0.15) is 23.1 Å². The lowest BCUT2D eigenvalue weighted by molar-refractivity contribution is -0.161. The van der Waals surface area contributed by atoms with Crippen LogP contribution in [0.3, 0.4) is 0 Å². The van der Waals surface area contributed by atoms with Crippen molar-refractivity contribution in [3.8, 4) is 0 Å². The van der Waals surface area contributed by atoms with E-state index in [1.165, 1.54) is 30.3 Å². The average molecular weight is 638 g/mol. The van der Waals surface area contributed by atoms with Crippen molar-refractivity contribution in [3.63, 3.8) is 0 Å². The largest absolute Gasteiger partial charge is 0.405 e. The number of hydrogen-bond acceptors (Lipinski definition) is 7. The maximum atomic E-state index is 16.1. The Bertz CT molecular complexity index is 1610. The van der Waals surface area contributed by atoms with Gasteiger partial charge in [0.05, 0.1) is 34.1 Å². The minimum absolute atomic E-state index is 0.0322. The number of nitrogens with zero attached hydrogens (tertiary/aromatic N) is 4. The highest BCUT2D eigenvalue weighted by atomic mass is 32.2. The van der Waals surface area contributed by atoms with Crippen molar-refractivity contribution < 1.29 is 26.0 Å². The predicted molar refractivity (Wildman–Crippen MR) is 167 cm³/mol. The Kier molecular flexibility index (Phi) is 9.21. The zero-order valence-electron chi connectivity index (χ0n) is 26.2. The fourth-order valence-electron chi connectivity index (χ4n) is 5.82. The van der Waals surface area contributed by atoms with Gasteiger partial charge in [0.2, 0.25) is 10.0 Å². The molecule has 1 fully saturated rings. The lowest BCUT2D eigenvalue weighted by atomic mass is 9.91. The van der Waals surface area contributed by atoms with Gasteiger partial charge in [-0.15, -0.1) is 0 Å². The van der Waals surface area contributed by atoms with Gasteiger partial charge in [-0.1, -0.05) is 32.9 Å². The van der Waals surface area contributed by atoms with E-state index < -0.39 is 47.3 Å². The summed E-state index contributed by atoms with van der Waals surface area (Å²) in [5, 5.41) is 3.60. The van der Waals surface area contributed by atoms with E-state index in [1.807, 2.05) is 20.8 Å². The third-order valence-electron chi connectivity index (χ3n) is 8.68. The molecule has 4 rings (SSSR count). The molecular weight excluding hydrogens is 596 g/mol. The van der Waals surface area contributed by atoms with E-state index in [4.69, 9.17) is 4.43 Å². The van der Waals surface area contributed by atoms with Crippen LogP contribution in [0.25, 0.3) is 11.0 Å². The van der Waals surface area contributed by atoms with Gasteiger partial charge < -0.3 is 9.74 Å². The second-order valence-electron chi connectivity index (χ2n) is 11.8. The molecule has 1 saturated heterocycles. The quantitative estimate of drug-likeness (QED) is 0.219. The standard InChI is InChI=1S/C30H42F3N5O3SSi/c1-9-43(10-2,11-3)41-29(7,8)30(32,33)24-15-12-14-22(26(24)31)19(4)34-27-23-18-25(38-16-13-17-42(38,39)40)20(5)35-28(23)37-21(6)36-27/h12,14-15,18-19H,9-11,13,16-17H2,1-8H3,(H,34,35,36,37)/t19-/m1/s1. The molecule has 3 heterocycles. The second-order valence-corrected chi connectivity index (χ2v) is 18.5. The van der Waals surface area contributed by atoms with Crippen LogP contribution in [-0.4, -0.2) is 49.6 Å². The molecule has 0 radical (unpaired) electrons. The van der Waals surface area contributed by atoms with Gasteiger partial charge in [-0.3, -0.25) is 4.31 Å². The maximum Gasteiger partial charge on any atom is 0.302 e. The highest BCUT2D eigenvalue weighted by Crippen LogP contribution is 2.46. The lowest BCUT2D eigenvalue weighted by Gasteiger charge is -2.42. The molecular formula is C30H42F3N5O3SSi. The van der Waals surface area contributed by atoms with Crippen molar-refractivity contribution in [1.82, 2.24) is 15.0 Å². The topological polar surface area (TPSA) is 97.3 Å². The summed E-state index contributed by atoms with van der Waals surface area (Å²) in [4.78, 5) is 13.4. The highest BCUT2D eigenvalue weighted by Gasteiger charge is 2.54. The van der Waals surface area contributed by atoms with Gasteiger partial charge in [-0.2, -0.15) is 8.78 Å². The van der Waals surface area contributed by atoms with Crippen molar-refractivity contribution in [2.75, 3.05) is 21.9 Å². The molecule has 1 N–H and O–H groups in total. The van der Waals surface area contributed by atoms with Crippen molar-refractivity contribution in [2.24, 2.45) is 0 Å². The Hall–Kier alpha value is -2.77. The predicted octanol–water partition coefficient (Wildman–Crippen LogP) is 7.39. The summed E-state index contributed by atoms with van der Waals surface area (Å²) in [5.74, 6) is -3.89. The fourth-order valence-corrected chi connectivity index (χ4v) is 10.6. The van der Waals surface area contributed by atoms with Gasteiger partial charge in [0.15, 0.2) is 14.0 Å². The summed E-state index contributed by atoms with van der Waals surface area (Å²) in [7, 11) is -5.90. The Morgan fingerprint density at radius 3 is 2.33 bits per heavy atom. The van der Waals surface area contributed by atoms with E-state index in [-0.39, 0.29) is 11.3 Å². The van der Waals surface area contributed by atoms with Crippen LogP contribution < -0.4 is 9.62 Å². The molecule has 0 unspecified atom stereocenters. The number of nitrogens with one attached hydrogen (secondary N) is 1. The van der Waals surface area contributed by atoms with E-state index >= 15 is 13.2 Å². The first-order valence-corrected chi connectivity index (χ1v) is 19.0. The number of fused-ring (bicyclic) bond motifs is 1. The van der Waals surface area contributed by atoms with Crippen molar-refractivity contribution in [1.29, 1.82) is 0 Å². The first kappa shape index (κ1) is 33.1. The van der Waals surface area contributed by atoms with Crippen LogP contribution in [0.4, 0.5) is 24.7 Å². The van der Waals surface area contributed by atoms with Crippen LogP contribution in [0.2, 0.25) is 18.1 Å². The van der Waals surface area contributed by atoms with Crippen LogP contribution in [0.5, 0.6) is 0 Å². The van der Waals surface area contributed by atoms with Gasteiger partial charge in [0, 0.05) is 12.1 Å². The van der Waals surface area contributed by atoms with E-state index in [0.717, 1.165) is 6.07 Å². The first-order chi connectivity index (χ1) is 20.0. The Balaban J connectivity index is 1.73. The van der Waals surface area contributed by atoms with Crippen LogP contribution in [0.1, 0.15) is 76.7 Å². The van der Waals surface area contributed by atoms with Crippen LogP contribution >= 0.6 is 0 Å². The fraction of sp³-hybridized carbons (Fsp3) is 0.567. The number of aromatic nitrogens is 3. The summed E-state index contributed by atoms with van der Waals surface area (Å²) in [5.41, 5.74) is -1.35. The number of sulfonamides is 1. The van der Waals surface area contributed by atoms with E-state index in [1.54, 1.807) is 26.8 Å². The normalized spacial score (nSPS) is 16.6. The third-order valence-corrected chi connectivity index (χ3v) is 15.3. The smallest absolute Gasteiger partial charge is 0.302 e. The van der Waals surface area contributed by atoms with Gasteiger partial charge in [-0.25, -0.2) is 27.8 Å². The highest BCUT2D eigenvalue weighted by molar-refractivity contribution is 7.93. The first-order valence-electron chi connectivity index (χ1n) is 14.8. The van der Waals surface area contributed by atoms with Crippen LogP contribution in [0.15, 0.2) is 24.3 Å². The van der Waals surface area contributed by atoms with E-state index in [2.05, 4.69) is 20.3 Å². The molecule has 13 heteroatoms. The molecule has 8 nitrogen and oxygen atoms in total. The number of hydrogen-bond donors (Lipinski definition) is 1. The minimum atomic E-state index is -3.61. The number of benzene rings is 1. The van der Waals surface area contributed by atoms with Crippen molar-refractivity contribution in [2.45, 2.75) is 97.5 Å². The van der Waals surface area contributed by atoms with Crippen LogP contribution in [0, 0.1) is 19.7 Å². The van der Waals surface area contributed by atoms with E-state index in [9.17, 15) is 8.42 Å². The Morgan fingerprint density at radius 2 is 1.74 bits per heavy atom. The molecule has 0 spiro atoms. The molecule has 0 bridgehead atoms. The van der Waals surface area contributed by atoms with Crippen molar-refractivity contribution >= 4 is 40.9 Å². The zero-order valence-corrected chi connectivity index (χ0v) is 28.0. The number of rotatable bonds is 11. The van der Waals surface area contributed by atoms with E-state index in [0.29, 0.717) is 65.2 Å². The third kappa shape index (κ3) is 6.12. The summed E-state index contributed by atoms with van der Waals surface area (Å²) in [6.45, 7) is 14.0. The SMILES string of the molecule is CC[Si](CC)(CC)OC(C)(C)C(F)(F)c1cccc([C@@H](C)Nc2nc(C)nc3nc(C)c(N4CCCS4(=O)=O)cc23)c1F. The van der Waals surface area contributed by atoms with Gasteiger partial charge in [0.25, 0.3) is 0 Å². The number of halogens is 3. The molecule has 236 valence electrons. The molecule has 2 aromatic heterocycles. The maximum absolute atomic E-state index is 16.1. The minimum Gasteiger partial charge on any atom is -0.405 e. The number of anilines is 2. The lowest BCUT2D eigenvalue weighted by Crippen LogP contribution is -2.52. The number of aryl methyl sites for hydroxylation is 2. The molecule has 0 aliphatic carbocycles. The zero-order chi connectivity index (χ0) is 32.0. The van der Waals surface area contributed by atoms with Crippen molar-refractivity contribution in [3.05, 3.63) is 52.7 Å². The average Bonchev–Trinajstić information content (AvgIpc) is 3.29. The van der Waals surface area contributed by atoms with Gasteiger partial charge in [-0.05, 0) is 71.3 Å². The van der Waals surface area contributed by atoms with Gasteiger partial charge >= 0.3 is 5.92 Å². The summed E-state index contributed by atoms with van der Waals surface area (Å²) in [6, 6.07) is 6.95. The second kappa shape index (κ2) is 12.0. The molecule has 3 aromatic rings. The number of alkyl halides is 2. The summed E-state index contributed by atoms with van der Waals surface area (Å²) >= 11 is 0. The summed E-state index contributed by atoms with van der Waals surface area (Å²) in [6.07, 6.45) is 0.507. The summed E-state index contributed by atoms with van der Waals surface area (Å²) < 4.78 is 81.1. The molecule has 1 aliphatic heterocycles. The Morgan fingerprint density at radius 1 is 1.09 bits per heavy atom. The molecule has 0 saturated carbocycles. The monoisotopic (exact) mass is 637 g/mol.